The number of epoxide rings is 1. The van der Waals surface area contributed by atoms with E-state index in [1.165, 1.54) is 7.11 Å². The second-order valence-electron chi connectivity index (χ2n) is 3.52. The molecule has 0 aromatic heterocycles. The molecule has 0 saturated carbocycles. The standard InChI is InChI=1S/C9H10O5/c1-11-9(10)4-2-5-7(13-3-12-5)8-6(4)14-8/h2,5-8H,3H2,1H3/t5-,6-,7-,8-/m0/s1. The van der Waals surface area contributed by atoms with Gasteiger partial charge in [-0.2, -0.15) is 0 Å². The molecule has 3 aliphatic rings. The van der Waals surface area contributed by atoms with Crippen molar-refractivity contribution >= 4 is 5.97 Å². The quantitative estimate of drug-likeness (QED) is 0.424. The SMILES string of the molecule is COC(=O)C1=C[C@@H]2OCO[C@@H]2[C@H]2O[C@@H]12. The lowest BCUT2D eigenvalue weighted by Gasteiger charge is -2.16. The van der Waals surface area contributed by atoms with Gasteiger partial charge in [0.15, 0.2) is 0 Å². The molecular weight excluding hydrogens is 188 g/mol. The topological polar surface area (TPSA) is 57.3 Å². The minimum absolute atomic E-state index is 0.0263. The van der Waals surface area contributed by atoms with Gasteiger partial charge in [0.1, 0.15) is 31.2 Å². The van der Waals surface area contributed by atoms with Crippen molar-refractivity contribution in [2.75, 3.05) is 13.9 Å². The molecule has 0 N–H and O–H groups in total. The van der Waals surface area contributed by atoms with Crippen LogP contribution in [0.1, 0.15) is 0 Å². The van der Waals surface area contributed by atoms with Crippen molar-refractivity contribution in [1.82, 2.24) is 0 Å². The average molecular weight is 198 g/mol. The van der Waals surface area contributed by atoms with Crippen LogP contribution in [0.3, 0.4) is 0 Å². The first kappa shape index (κ1) is 8.40. The molecule has 0 amide bonds. The third-order valence-electron chi connectivity index (χ3n) is 2.77. The van der Waals surface area contributed by atoms with Crippen LogP contribution < -0.4 is 0 Å². The third-order valence-corrected chi connectivity index (χ3v) is 2.77. The van der Waals surface area contributed by atoms with E-state index in [2.05, 4.69) is 4.74 Å². The van der Waals surface area contributed by atoms with E-state index in [1.807, 2.05) is 0 Å². The summed E-state index contributed by atoms with van der Waals surface area (Å²) in [5, 5.41) is 0. The molecular formula is C9H10O5. The summed E-state index contributed by atoms with van der Waals surface area (Å²) in [4.78, 5) is 11.3. The molecule has 76 valence electrons. The number of carbonyl (C=O) groups excluding carboxylic acids is 1. The third kappa shape index (κ3) is 1.03. The number of ether oxygens (including phenoxy) is 4. The molecule has 0 bridgehead atoms. The summed E-state index contributed by atoms with van der Waals surface area (Å²) in [6.45, 7) is 0.271. The molecule has 0 spiro atoms. The van der Waals surface area contributed by atoms with Crippen molar-refractivity contribution in [2.45, 2.75) is 24.4 Å². The van der Waals surface area contributed by atoms with E-state index in [0.29, 0.717) is 5.57 Å². The van der Waals surface area contributed by atoms with Crippen molar-refractivity contribution in [3.8, 4) is 0 Å². The highest BCUT2D eigenvalue weighted by Gasteiger charge is 2.57. The first-order chi connectivity index (χ1) is 6.81. The first-order valence-electron chi connectivity index (χ1n) is 4.50. The number of esters is 1. The van der Waals surface area contributed by atoms with Gasteiger partial charge >= 0.3 is 5.97 Å². The van der Waals surface area contributed by atoms with E-state index in [4.69, 9.17) is 14.2 Å². The number of carbonyl (C=O) groups is 1. The van der Waals surface area contributed by atoms with Gasteiger partial charge in [0.2, 0.25) is 0 Å². The number of hydrogen-bond acceptors (Lipinski definition) is 5. The van der Waals surface area contributed by atoms with E-state index >= 15 is 0 Å². The van der Waals surface area contributed by atoms with Crippen LogP contribution in [0, 0.1) is 0 Å². The largest absolute Gasteiger partial charge is 0.466 e. The van der Waals surface area contributed by atoms with Crippen molar-refractivity contribution in [1.29, 1.82) is 0 Å². The van der Waals surface area contributed by atoms with Crippen LogP contribution in [-0.4, -0.2) is 44.3 Å². The molecule has 0 aromatic rings. The van der Waals surface area contributed by atoms with Crippen LogP contribution >= 0.6 is 0 Å². The zero-order valence-corrected chi connectivity index (χ0v) is 7.64. The molecule has 2 aliphatic heterocycles. The lowest BCUT2D eigenvalue weighted by atomic mass is 9.95. The molecule has 5 nitrogen and oxygen atoms in total. The Morgan fingerprint density at radius 2 is 2.36 bits per heavy atom. The summed E-state index contributed by atoms with van der Waals surface area (Å²) in [6.07, 6.45) is 1.37. The summed E-state index contributed by atoms with van der Waals surface area (Å²) in [6, 6.07) is 0. The maximum absolute atomic E-state index is 11.3. The molecule has 5 heteroatoms. The van der Waals surface area contributed by atoms with E-state index in [9.17, 15) is 4.79 Å². The van der Waals surface area contributed by atoms with Gasteiger partial charge < -0.3 is 18.9 Å². The molecule has 14 heavy (non-hydrogen) atoms. The summed E-state index contributed by atoms with van der Waals surface area (Å²) in [5.41, 5.74) is 0.559. The van der Waals surface area contributed by atoms with Gasteiger partial charge in [-0.25, -0.2) is 4.79 Å². The van der Waals surface area contributed by atoms with E-state index < -0.39 is 0 Å². The number of fused-ring (bicyclic) bond motifs is 3. The normalized spacial score (nSPS) is 43.6. The fourth-order valence-electron chi connectivity index (χ4n) is 2.01. The van der Waals surface area contributed by atoms with Crippen LogP contribution in [0.2, 0.25) is 0 Å². The van der Waals surface area contributed by atoms with Crippen molar-refractivity contribution in [3.05, 3.63) is 11.6 Å². The molecule has 2 heterocycles. The minimum Gasteiger partial charge on any atom is -0.466 e. The highest BCUT2D eigenvalue weighted by Crippen LogP contribution is 2.42. The number of hydrogen-bond donors (Lipinski definition) is 0. The van der Waals surface area contributed by atoms with Gasteiger partial charge in [-0.1, -0.05) is 0 Å². The summed E-state index contributed by atoms with van der Waals surface area (Å²) in [7, 11) is 1.36. The Labute approximate surface area is 80.6 Å². The van der Waals surface area contributed by atoms with Crippen LogP contribution in [0.5, 0.6) is 0 Å². The molecule has 2 fully saturated rings. The Morgan fingerprint density at radius 1 is 1.50 bits per heavy atom. The summed E-state index contributed by atoms with van der Waals surface area (Å²) >= 11 is 0. The van der Waals surface area contributed by atoms with Gasteiger partial charge in [-0.15, -0.1) is 0 Å². The summed E-state index contributed by atoms with van der Waals surface area (Å²) in [5.74, 6) is -0.341. The first-order valence-corrected chi connectivity index (χ1v) is 4.50. The van der Waals surface area contributed by atoms with Gasteiger partial charge in [-0.05, 0) is 6.08 Å². The highest BCUT2D eigenvalue weighted by atomic mass is 16.7. The van der Waals surface area contributed by atoms with Crippen LogP contribution in [0.15, 0.2) is 11.6 Å². The number of rotatable bonds is 1. The Kier molecular flexibility index (Phi) is 1.67. The van der Waals surface area contributed by atoms with Gasteiger partial charge in [0.25, 0.3) is 0 Å². The Bertz CT molecular complexity index is 310. The lowest BCUT2D eigenvalue weighted by molar-refractivity contribution is -0.136. The minimum atomic E-state index is -0.341. The van der Waals surface area contributed by atoms with Gasteiger partial charge in [0, 0.05) is 0 Å². The fraction of sp³-hybridized carbons (Fsp3) is 0.667. The molecule has 3 rings (SSSR count). The Morgan fingerprint density at radius 3 is 3.14 bits per heavy atom. The van der Waals surface area contributed by atoms with E-state index in [1.54, 1.807) is 6.08 Å². The predicted octanol–water partition coefficient (Wildman–Crippen LogP) is -0.392. The second-order valence-corrected chi connectivity index (χ2v) is 3.52. The highest BCUT2D eigenvalue weighted by molar-refractivity contribution is 5.90. The molecule has 0 unspecified atom stereocenters. The van der Waals surface area contributed by atoms with E-state index in [0.717, 1.165) is 0 Å². The maximum Gasteiger partial charge on any atom is 0.336 e. The maximum atomic E-state index is 11.3. The van der Waals surface area contributed by atoms with Gasteiger partial charge in [-0.3, -0.25) is 0 Å². The van der Waals surface area contributed by atoms with Gasteiger partial charge in [0.05, 0.1) is 12.7 Å². The van der Waals surface area contributed by atoms with Crippen molar-refractivity contribution in [2.24, 2.45) is 0 Å². The fourth-order valence-corrected chi connectivity index (χ4v) is 2.01. The predicted molar refractivity (Wildman–Crippen MR) is 43.4 cm³/mol. The molecule has 0 aromatic carbocycles. The monoisotopic (exact) mass is 198 g/mol. The van der Waals surface area contributed by atoms with Crippen molar-refractivity contribution in [3.63, 3.8) is 0 Å². The lowest BCUT2D eigenvalue weighted by Crippen LogP contribution is -2.34. The van der Waals surface area contributed by atoms with Crippen molar-refractivity contribution < 1.29 is 23.7 Å². The summed E-state index contributed by atoms with van der Waals surface area (Å²) < 4.78 is 20.6. The van der Waals surface area contributed by atoms with Crippen LogP contribution in [0.25, 0.3) is 0 Å². The number of methoxy groups -OCH3 is 1. The second kappa shape index (κ2) is 2.79. The Hall–Kier alpha value is -0.910. The molecule has 2 saturated heterocycles. The molecule has 4 atom stereocenters. The van der Waals surface area contributed by atoms with Crippen LogP contribution in [0.4, 0.5) is 0 Å². The zero-order chi connectivity index (χ0) is 9.71. The average Bonchev–Trinajstić information content (AvgIpc) is 2.87. The molecule has 1 aliphatic carbocycles. The van der Waals surface area contributed by atoms with E-state index in [-0.39, 0.29) is 37.2 Å². The smallest absolute Gasteiger partial charge is 0.336 e. The molecule has 0 radical (unpaired) electrons. The Balaban J connectivity index is 1.89. The zero-order valence-electron chi connectivity index (χ0n) is 7.64. The van der Waals surface area contributed by atoms with Crippen LogP contribution in [-0.2, 0) is 23.7 Å².